The van der Waals surface area contributed by atoms with Gasteiger partial charge in [0.05, 0.1) is 18.0 Å². The number of carbonyl (C=O) groups is 1. The predicted octanol–water partition coefficient (Wildman–Crippen LogP) is 2.56. The van der Waals surface area contributed by atoms with Crippen molar-refractivity contribution in [1.82, 2.24) is 25.2 Å². The molecule has 0 saturated heterocycles. The van der Waals surface area contributed by atoms with Crippen molar-refractivity contribution in [2.75, 3.05) is 11.1 Å². The highest BCUT2D eigenvalue weighted by atomic mass is 35.5. The maximum atomic E-state index is 12.0. The van der Waals surface area contributed by atoms with Gasteiger partial charge in [0.15, 0.2) is 5.15 Å². The average molecular weight is 367 g/mol. The van der Waals surface area contributed by atoms with Gasteiger partial charge in [-0.25, -0.2) is 9.67 Å². The number of tetrazole rings is 1. The van der Waals surface area contributed by atoms with E-state index in [2.05, 4.69) is 25.8 Å². The molecule has 0 spiro atoms. The minimum absolute atomic E-state index is 0.177. The van der Waals surface area contributed by atoms with Crippen LogP contribution >= 0.6 is 34.7 Å². The van der Waals surface area contributed by atoms with Crippen molar-refractivity contribution in [3.8, 4) is 0 Å². The lowest BCUT2D eigenvalue weighted by Crippen LogP contribution is -2.15. The molecule has 1 amide bonds. The molecule has 0 atom stereocenters. The summed E-state index contributed by atoms with van der Waals surface area (Å²) in [4.78, 5) is 17.0. The molecule has 0 aliphatic rings. The van der Waals surface area contributed by atoms with Crippen molar-refractivity contribution in [2.24, 2.45) is 0 Å². The van der Waals surface area contributed by atoms with Crippen LogP contribution in [-0.2, 0) is 11.3 Å². The predicted molar refractivity (Wildman–Crippen MR) is 89.8 cm³/mol. The Hall–Kier alpha value is -1.97. The zero-order valence-corrected chi connectivity index (χ0v) is 14.1. The second-order valence-electron chi connectivity index (χ2n) is 4.38. The number of anilines is 1. The van der Waals surface area contributed by atoms with Crippen molar-refractivity contribution < 1.29 is 4.79 Å². The second-order valence-corrected chi connectivity index (χ2v) is 6.71. The second kappa shape index (κ2) is 7.53. The molecule has 3 aromatic rings. The number of thioether (sulfide) groups is 1. The zero-order valence-electron chi connectivity index (χ0n) is 11.7. The molecule has 7 nitrogen and oxygen atoms in total. The number of thiophene rings is 1. The Balaban J connectivity index is 1.57. The van der Waals surface area contributed by atoms with Gasteiger partial charge in [0.1, 0.15) is 0 Å². The molecule has 0 saturated carbocycles. The number of nitrogens with one attached hydrogen (secondary N) is 1. The lowest BCUT2D eigenvalue weighted by Gasteiger charge is -2.06. The third-order valence-corrected chi connectivity index (χ3v) is 4.87. The van der Waals surface area contributed by atoms with E-state index in [1.807, 2.05) is 17.5 Å². The van der Waals surface area contributed by atoms with E-state index in [9.17, 15) is 4.79 Å². The van der Waals surface area contributed by atoms with Crippen molar-refractivity contribution >= 4 is 46.3 Å². The molecule has 0 radical (unpaired) electrons. The minimum Gasteiger partial charge on any atom is -0.323 e. The summed E-state index contributed by atoms with van der Waals surface area (Å²) in [5.74, 6) is -0.0219. The van der Waals surface area contributed by atoms with E-state index < -0.39 is 0 Å². The molecule has 0 fully saturated rings. The number of halogens is 1. The van der Waals surface area contributed by atoms with Crippen LogP contribution in [0.3, 0.4) is 0 Å². The Labute approximate surface area is 145 Å². The fourth-order valence-corrected chi connectivity index (χ4v) is 3.27. The van der Waals surface area contributed by atoms with Crippen LogP contribution in [0, 0.1) is 0 Å². The Kier molecular flexibility index (Phi) is 5.21. The summed E-state index contributed by atoms with van der Waals surface area (Å²) in [6.07, 6.45) is 1.56. The molecule has 0 aliphatic carbocycles. The van der Waals surface area contributed by atoms with Gasteiger partial charge < -0.3 is 5.32 Å². The first kappa shape index (κ1) is 15.9. The summed E-state index contributed by atoms with van der Waals surface area (Å²) in [7, 11) is 0. The molecular formula is C13H11ClN6OS2. The monoisotopic (exact) mass is 366 g/mol. The number of carbonyl (C=O) groups excluding carboxylic acids is 1. The van der Waals surface area contributed by atoms with E-state index in [1.165, 1.54) is 11.8 Å². The van der Waals surface area contributed by atoms with Gasteiger partial charge in [-0.15, -0.1) is 16.4 Å². The standard InChI is InChI=1S/C13H11ClN6OS2/c14-12-10(4-1-5-15-12)16-11(21)8-23-13-17-18-19-20(13)7-9-3-2-6-22-9/h1-6H,7-8H2,(H,16,21). The summed E-state index contributed by atoms with van der Waals surface area (Å²) < 4.78 is 1.67. The number of nitrogens with zero attached hydrogens (tertiary/aromatic N) is 5. The van der Waals surface area contributed by atoms with E-state index in [1.54, 1.807) is 34.3 Å². The van der Waals surface area contributed by atoms with Crippen molar-refractivity contribution in [1.29, 1.82) is 0 Å². The molecule has 118 valence electrons. The van der Waals surface area contributed by atoms with Crippen molar-refractivity contribution in [3.05, 3.63) is 45.9 Å². The summed E-state index contributed by atoms with van der Waals surface area (Å²) >= 11 is 8.80. The molecule has 0 aromatic carbocycles. The fourth-order valence-electron chi connectivity index (χ4n) is 1.74. The molecule has 23 heavy (non-hydrogen) atoms. The highest BCUT2D eigenvalue weighted by Gasteiger charge is 2.12. The van der Waals surface area contributed by atoms with Crippen LogP contribution in [0.5, 0.6) is 0 Å². The quantitative estimate of drug-likeness (QED) is 0.533. The number of hydrogen-bond donors (Lipinski definition) is 1. The summed E-state index contributed by atoms with van der Waals surface area (Å²) in [5, 5.41) is 17.1. The van der Waals surface area contributed by atoms with Gasteiger partial charge in [-0.1, -0.05) is 29.4 Å². The number of amides is 1. The molecule has 3 aromatic heterocycles. The van der Waals surface area contributed by atoms with Gasteiger partial charge in [-0.05, 0) is 34.0 Å². The molecule has 0 bridgehead atoms. The third-order valence-electron chi connectivity index (χ3n) is 2.75. The Morgan fingerprint density at radius 2 is 2.30 bits per heavy atom. The van der Waals surface area contributed by atoms with E-state index in [4.69, 9.17) is 11.6 Å². The van der Waals surface area contributed by atoms with Crippen molar-refractivity contribution in [2.45, 2.75) is 11.7 Å². The normalized spacial score (nSPS) is 10.7. The lowest BCUT2D eigenvalue weighted by atomic mass is 10.4. The first-order chi connectivity index (χ1) is 11.2. The smallest absolute Gasteiger partial charge is 0.234 e. The first-order valence-corrected chi connectivity index (χ1v) is 8.78. The summed E-state index contributed by atoms with van der Waals surface area (Å²) in [6, 6.07) is 7.38. The van der Waals surface area contributed by atoms with Crippen molar-refractivity contribution in [3.63, 3.8) is 0 Å². The van der Waals surface area contributed by atoms with E-state index in [-0.39, 0.29) is 16.8 Å². The molecule has 10 heteroatoms. The Bertz CT molecular complexity index is 791. The first-order valence-electron chi connectivity index (χ1n) is 6.54. The number of rotatable bonds is 6. The van der Waals surface area contributed by atoms with Crippen LogP contribution in [0.25, 0.3) is 0 Å². The van der Waals surface area contributed by atoms with Gasteiger partial charge in [-0.2, -0.15) is 0 Å². The minimum atomic E-state index is -0.199. The van der Waals surface area contributed by atoms with E-state index in [0.717, 1.165) is 4.88 Å². The van der Waals surface area contributed by atoms with Crippen LogP contribution < -0.4 is 5.32 Å². The van der Waals surface area contributed by atoms with Gasteiger partial charge >= 0.3 is 0 Å². The van der Waals surface area contributed by atoms with Gasteiger partial charge in [-0.3, -0.25) is 4.79 Å². The number of pyridine rings is 1. The maximum absolute atomic E-state index is 12.0. The van der Waals surface area contributed by atoms with Crippen LogP contribution in [-0.4, -0.2) is 36.9 Å². The fraction of sp³-hybridized carbons (Fsp3) is 0.154. The SMILES string of the molecule is O=C(CSc1nnnn1Cc1cccs1)Nc1cccnc1Cl. The average Bonchev–Trinajstić information content (AvgIpc) is 3.20. The molecule has 0 aliphatic heterocycles. The summed E-state index contributed by atoms with van der Waals surface area (Å²) in [5.41, 5.74) is 0.484. The molecule has 1 N–H and O–H groups in total. The topological polar surface area (TPSA) is 85.6 Å². The number of aromatic nitrogens is 5. The van der Waals surface area contributed by atoms with Crippen LogP contribution in [0.2, 0.25) is 5.15 Å². The molecule has 3 heterocycles. The van der Waals surface area contributed by atoms with Crippen LogP contribution in [0.4, 0.5) is 5.69 Å². The molecule has 0 unspecified atom stereocenters. The molecule has 3 rings (SSSR count). The highest BCUT2D eigenvalue weighted by Crippen LogP contribution is 2.20. The van der Waals surface area contributed by atoms with Gasteiger partial charge in [0.2, 0.25) is 11.1 Å². The van der Waals surface area contributed by atoms with E-state index in [0.29, 0.717) is 17.4 Å². The number of hydrogen-bond acceptors (Lipinski definition) is 7. The molecular weight excluding hydrogens is 356 g/mol. The summed E-state index contributed by atoms with van der Waals surface area (Å²) in [6.45, 7) is 0.586. The van der Waals surface area contributed by atoms with Gasteiger partial charge in [0, 0.05) is 11.1 Å². The maximum Gasteiger partial charge on any atom is 0.234 e. The lowest BCUT2D eigenvalue weighted by molar-refractivity contribution is -0.113. The highest BCUT2D eigenvalue weighted by molar-refractivity contribution is 7.99. The van der Waals surface area contributed by atoms with Crippen LogP contribution in [0.1, 0.15) is 4.88 Å². The van der Waals surface area contributed by atoms with Gasteiger partial charge in [0.25, 0.3) is 0 Å². The third kappa shape index (κ3) is 4.27. The van der Waals surface area contributed by atoms with Crippen LogP contribution in [0.15, 0.2) is 41.0 Å². The Morgan fingerprint density at radius 1 is 1.39 bits per heavy atom. The largest absolute Gasteiger partial charge is 0.323 e. The zero-order chi connectivity index (χ0) is 16.1. The van der Waals surface area contributed by atoms with E-state index >= 15 is 0 Å². The Morgan fingerprint density at radius 3 is 3.09 bits per heavy atom.